The fraction of sp³-hybridized carbons (Fsp3) is 0.0714. The van der Waals surface area contributed by atoms with E-state index in [0.717, 1.165) is 16.2 Å². The fourth-order valence-electron chi connectivity index (χ4n) is 3.24. The Labute approximate surface area is 203 Å². The molecule has 4 rings (SSSR count). The molecule has 0 atom stereocenters. The van der Waals surface area contributed by atoms with Gasteiger partial charge in [-0.05, 0) is 79.2 Å². The summed E-state index contributed by atoms with van der Waals surface area (Å²) in [4.78, 5) is 25.7. The van der Waals surface area contributed by atoms with Crippen LogP contribution in [-0.4, -0.2) is 17.6 Å². The number of amides is 2. The molecule has 0 bridgehead atoms. The number of para-hydroxylation sites is 1. The summed E-state index contributed by atoms with van der Waals surface area (Å²) in [6, 6.07) is 31.7. The van der Waals surface area contributed by atoms with Crippen molar-refractivity contribution in [2.75, 3.05) is 16.4 Å². The predicted molar refractivity (Wildman–Crippen MR) is 138 cm³/mol. The lowest BCUT2D eigenvalue weighted by Gasteiger charge is -2.09. The first-order valence-corrected chi connectivity index (χ1v) is 11.8. The van der Waals surface area contributed by atoms with Crippen LogP contribution in [0.1, 0.15) is 15.9 Å². The summed E-state index contributed by atoms with van der Waals surface area (Å²) in [5.74, 6) is 1.50. The van der Waals surface area contributed by atoms with Crippen molar-refractivity contribution in [3.05, 3.63) is 114 Å². The van der Waals surface area contributed by atoms with Crippen LogP contribution in [0, 0.1) is 6.92 Å². The highest BCUT2D eigenvalue weighted by Crippen LogP contribution is 2.24. The molecule has 0 spiro atoms. The molecule has 0 radical (unpaired) electrons. The van der Waals surface area contributed by atoms with Gasteiger partial charge in [0.15, 0.2) is 0 Å². The molecule has 0 aromatic heterocycles. The molecule has 0 saturated heterocycles. The second-order valence-corrected chi connectivity index (χ2v) is 8.62. The molecule has 0 unspecified atom stereocenters. The molecule has 170 valence electrons. The van der Waals surface area contributed by atoms with E-state index in [1.807, 2.05) is 104 Å². The molecule has 5 nitrogen and oxygen atoms in total. The van der Waals surface area contributed by atoms with Crippen LogP contribution in [0.2, 0.25) is 0 Å². The molecule has 34 heavy (non-hydrogen) atoms. The average Bonchev–Trinajstić information content (AvgIpc) is 2.86. The number of thioether (sulfide) groups is 1. The number of hydrogen-bond acceptors (Lipinski definition) is 4. The molecule has 0 aliphatic carbocycles. The summed E-state index contributed by atoms with van der Waals surface area (Å²) < 4.78 is 5.77. The summed E-state index contributed by atoms with van der Waals surface area (Å²) in [5.41, 5.74) is 2.99. The minimum atomic E-state index is -0.141. The Balaban J connectivity index is 1.24. The fourth-order valence-corrected chi connectivity index (χ4v) is 3.94. The number of nitrogens with one attached hydrogen (secondary N) is 2. The number of carbonyl (C=O) groups excluding carboxylic acids is 2. The third kappa shape index (κ3) is 6.49. The number of ether oxygens (including phenoxy) is 1. The van der Waals surface area contributed by atoms with E-state index in [2.05, 4.69) is 10.6 Å². The van der Waals surface area contributed by atoms with Crippen molar-refractivity contribution in [3.63, 3.8) is 0 Å². The average molecular weight is 469 g/mol. The van der Waals surface area contributed by atoms with Gasteiger partial charge in [-0.25, -0.2) is 0 Å². The van der Waals surface area contributed by atoms with Crippen molar-refractivity contribution >= 4 is 35.0 Å². The molecule has 6 heteroatoms. The van der Waals surface area contributed by atoms with Gasteiger partial charge in [0.25, 0.3) is 5.91 Å². The second kappa shape index (κ2) is 11.2. The Morgan fingerprint density at radius 1 is 0.706 bits per heavy atom. The smallest absolute Gasteiger partial charge is 0.255 e. The van der Waals surface area contributed by atoms with E-state index in [1.165, 1.54) is 11.8 Å². The lowest BCUT2D eigenvalue weighted by molar-refractivity contribution is -0.113. The minimum absolute atomic E-state index is 0.0985. The monoisotopic (exact) mass is 468 g/mol. The first kappa shape index (κ1) is 23.1. The van der Waals surface area contributed by atoms with Crippen molar-refractivity contribution in [1.82, 2.24) is 0 Å². The first-order chi connectivity index (χ1) is 16.6. The molecule has 0 heterocycles. The zero-order valence-electron chi connectivity index (χ0n) is 18.7. The van der Waals surface area contributed by atoms with E-state index < -0.39 is 0 Å². The predicted octanol–water partition coefficient (Wildman–Crippen LogP) is 6.77. The summed E-state index contributed by atoms with van der Waals surface area (Å²) >= 11 is 1.43. The van der Waals surface area contributed by atoms with Gasteiger partial charge >= 0.3 is 0 Å². The summed E-state index contributed by atoms with van der Waals surface area (Å²) in [5, 5.41) is 5.80. The van der Waals surface area contributed by atoms with Crippen LogP contribution >= 0.6 is 11.8 Å². The summed E-state index contributed by atoms with van der Waals surface area (Å²) in [7, 11) is 0. The van der Waals surface area contributed by atoms with Crippen LogP contribution in [0.3, 0.4) is 0 Å². The number of hydrogen-bond donors (Lipinski definition) is 2. The zero-order chi connectivity index (χ0) is 23.8. The maximum Gasteiger partial charge on any atom is 0.255 e. The Kier molecular flexibility index (Phi) is 7.63. The lowest BCUT2D eigenvalue weighted by Crippen LogP contribution is -2.14. The number of carbonyl (C=O) groups is 2. The third-order valence-electron chi connectivity index (χ3n) is 4.99. The van der Waals surface area contributed by atoms with E-state index in [1.54, 1.807) is 6.07 Å². The molecule has 4 aromatic carbocycles. The Bertz CT molecular complexity index is 1260. The van der Waals surface area contributed by atoms with E-state index in [-0.39, 0.29) is 17.6 Å². The van der Waals surface area contributed by atoms with E-state index >= 15 is 0 Å². The van der Waals surface area contributed by atoms with Gasteiger partial charge in [0.05, 0.1) is 5.75 Å². The number of benzene rings is 4. The Morgan fingerprint density at radius 3 is 2.00 bits per heavy atom. The van der Waals surface area contributed by atoms with Gasteiger partial charge in [-0.2, -0.15) is 0 Å². The van der Waals surface area contributed by atoms with Crippen LogP contribution in [0.4, 0.5) is 11.4 Å². The van der Waals surface area contributed by atoms with Gasteiger partial charge in [-0.3, -0.25) is 9.59 Å². The minimum Gasteiger partial charge on any atom is -0.457 e. The normalized spacial score (nSPS) is 10.4. The number of rotatable bonds is 8. The van der Waals surface area contributed by atoms with Gasteiger partial charge in [-0.1, -0.05) is 36.4 Å². The molecule has 2 amide bonds. The van der Waals surface area contributed by atoms with Gasteiger partial charge in [0.2, 0.25) is 5.91 Å². The SMILES string of the molecule is Cc1ccccc1C(=O)Nc1ccc(SCC(=O)Nc2ccc(Oc3ccccc3)cc2)cc1. The first-order valence-electron chi connectivity index (χ1n) is 10.8. The second-order valence-electron chi connectivity index (χ2n) is 7.57. The maximum atomic E-state index is 12.4. The highest BCUT2D eigenvalue weighted by atomic mass is 32.2. The number of anilines is 2. The Hall–Kier alpha value is -4.03. The highest BCUT2D eigenvalue weighted by molar-refractivity contribution is 8.00. The van der Waals surface area contributed by atoms with Crippen LogP contribution < -0.4 is 15.4 Å². The van der Waals surface area contributed by atoms with Crippen molar-refractivity contribution in [1.29, 1.82) is 0 Å². The molecule has 0 aliphatic rings. The molecule has 2 N–H and O–H groups in total. The summed E-state index contributed by atoms with van der Waals surface area (Å²) in [6.45, 7) is 1.91. The quantitative estimate of drug-likeness (QED) is 0.280. The van der Waals surface area contributed by atoms with Crippen molar-refractivity contribution < 1.29 is 14.3 Å². The van der Waals surface area contributed by atoms with Crippen LogP contribution in [0.25, 0.3) is 0 Å². The number of aryl methyl sites for hydroxylation is 1. The molecular weight excluding hydrogens is 444 g/mol. The van der Waals surface area contributed by atoms with Crippen LogP contribution in [-0.2, 0) is 4.79 Å². The standard InChI is InChI=1S/C28H24N2O3S/c1-20-7-5-6-10-26(20)28(32)30-22-13-17-25(18-14-22)34-19-27(31)29-21-11-15-24(16-12-21)33-23-8-3-2-4-9-23/h2-18H,19H2,1H3,(H,29,31)(H,30,32). The van der Waals surface area contributed by atoms with E-state index in [0.29, 0.717) is 22.7 Å². The molecule has 0 aliphatic heterocycles. The van der Waals surface area contributed by atoms with Crippen molar-refractivity contribution in [3.8, 4) is 11.5 Å². The van der Waals surface area contributed by atoms with E-state index in [4.69, 9.17) is 4.74 Å². The van der Waals surface area contributed by atoms with Gasteiger partial charge in [0.1, 0.15) is 11.5 Å². The summed E-state index contributed by atoms with van der Waals surface area (Å²) in [6.07, 6.45) is 0. The van der Waals surface area contributed by atoms with Crippen molar-refractivity contribution in [2.45, 2.75) is 11.8 Å². The highest BCUT2D eigenvalue weighted by Gasteiger charge is 2.09. The van der Waals surface area contributed by atoms with Gasteiger partial charge < -0.3 is 15.4 Å². The van der Waals surface area contributed by atoms with Gasteiger partial charge in [-0.15, -0.1) is 11.8 Å². The molecule has 4 aromatic rings. The topological polar surface area (TPSA) is 67.4 Å². The molecule has 0 saturated carbocycles. The molecule has 0 fully saturated rings. The largest absolute Gasteiger partial charge is 0.457 e. The Morgan fingerprint density at radius 2 is 1.29 bits per heavy atom. The maximum absolute atomic E-state index is 12.4. The zero-order valence-corrected chi connectivity index (χ0v) is 19.5. The van der Waals surface area contributed by atoms with Crippen molar-refractivity contribution in [2.24, 2.45) is 0 Å². The molecular formula is C28H24N2O3S. The van der Waals surface area contributed by atoms with Gasteiger partial charge in [0, 0.05) is 21.8 Å². The lowest BCUT2D eigenvalue weighted by atomic mass is 10.1. The van der Waals surface area contributed by atoms with Crippen LogP contribution in [0.5, 0.6) is 11.5 Å². The van der Waals surface area contributed by atoms with Crippen LogP contribution in [0.15, 0.2) is 108 Å². The van der Waals surface area contributed by atoms with E-state index in [9.17, 15) is 9.59 Å². The third-order valence-corrected chi connectivity index (χ3v) is 6.00.